The summed E-state index contributed by atoms with van der Waals surface area (Å²) in [5, 5.41) is 9.01. The smallest absolute Gasteiger partial charge is 0.192 e. The average Bonchev–Trinajstić information content (AvgIpc) is 2.73. The predicted molar refractivity (Wildman–Crippen MR) is 61.7 cm³/mol. The first-order valence-corrected chi connectivity index (χ1v) is 5.59. The normalized spacial score (nSPS) is 28.3. The number of Topliss-reactive ketones (excluding diaryl/α,β-unsaturated/α-hetero) is 1. The summed E-state index contributed by atoms with van der Waals surface area (Å²) in [5.41, 5.74) is 1.51. The Morgan fingerprint density at radius 2 is 2.12 bits per heavy atom. The van der Waals surface area contributed by atoms with Crippen molar-refractivity contribution in [2.75, 3.05) is 13.2 Å². The van der Waals surface area contributed by atoms with E-state index < -0.39 is 5.79 Å². The Hall–Kier alpha value is -1.23. The molecule has 1 aromatic rings. The molecule has 0 radical (unpaired) electrons. The Labute approximate surface area is 100 Å². The van der Waals surface area contributed by atoms with Crippen molar-refractivity contribution in [1.29, 1.82) is 0 Å². The molecule has 2 rings (SSSR count). The van der Waals surface area contributed by atoms with Gasteiger partial charge in [0, 0.05) is 11.1 Å². The summed E-state index contributed by atoms with van der Waals surface area (Å²) in [6, 6.07) is 7.14. The highest BCUT2D eigenvalue weighted by Crippen LogP contribution is 2.33. The quantitative estimate of drug-likeness (QED) is 0.807. The molecule has 2 unspecified atom stereocenters. The lowest BCUT2D eigenvalue weighted by atomic mass is 10.0. The number of hydrogen-bond acceptors (Lipinski definition) is 4. The van der Waals surface area contributed by atoms with Gasteiger partial charge in [-0.05, 0) is 13.8 Å². The molecular formula is C13H16O4. The van der Waals surface area contributed by atoms with E-state index in [1.54, 1.807) is 12.1 Å². The molecule has 1 aliphatic heterocycles. The standard InChI is InChI=1S/C13H16O4/c1-9(15)10-3-5-11(6-4-10)13(2)16-8-12(7-14)17-13/h3-6,12,14H,7-8H2,1-2H3. The molecule has 1 N–H and O–H groups in total. The summed E-state index contributed by atoms with van der Waals surface area (Å²) in [5.74, 6) is -0.800. The van der Waals surface area contributed by atoms with Gasteiger partial charge in [0.1, 0.15) is 6.10 Å². The van der Waals surface area contributed by atoms with Crippen molar-refractivity contribution in [3.63, 3.8) is 0 Å². The van der Waals surface area contributed by atoms with Gasteiger partial charge in [-0.15, -0.1) is 0 Å². The van der Waals surface area contributed by atoms with Crippen LogP contribution in [0.15, 0.2) is 24.3 Å². The van der Waals surface area contributed by atoms with Gasteiger partial charge in [0.15, 0.2) is 11.6 Å². The summed E-state index contributed by atoms with van der Waals surface area (Å²) < 4.78 is 11.2. The Morgan fingerprint density at radius 3 is 2.59 bits per heavy atom. The van der Waals surface area contributed by atoms with Crippen molar-refractivity contribution in [2.45, 2.75) is 25.7 Å². The molecule has 1 fully saturated rings. The molecule has 0 bridgehead atoms. The molecule has 92 valence electrons. The number of carbonyl (C=O) groups is 1. The molecule has 1 saturated heterocycles. The maximum Gasteiger partial charge on any atom is 0.192 e. The fraction of sp³-hybridized carbons (Fsp3) is 0.462. The van der Waals surface area contributed by atoms with Gasteiger partial charge >= 0.3 is 0 Å². The zero-order valence-corrected chi connectivity index (χ0v) is 9.97. The molecule has 1 aromatic carbocycles. The van der Waals surface area contributed by atoms with Crippen molar-refractivity contribution in [3.05, 3.63) is 35.4 Å². The zero-order valence-electron chi connectivity index (χ0n) is 9.97. The number of benzene rings is 1. The lowest BCUT2D eigenvalue weighted by Crippen LogP contribution is -2.25. The van der Waals surface area contributed by atoms with Crippen LogP contribution in [-0.4, -0.2) is 30.2 Å². The molecule has 0 aromatic heterocycles. The predicted octanol–water partition coefficient (Wildman–Crippen LogP) is 1.47. The van der Waals surface area contributed by atoms with Crippen LogP contribution in [0.5, 0.6) is 0 Å². The Kier molecular flexibility index (Phi) is 3.28. The Bertz CT molecular complexity index is 412. The maximum atomic E-state index is 11.2. The fourth-order valence-electron chi connectivity index (χ4n) is 1.89. The molecular weight excluding hydrogens is 220 g/mol. The lowest BCUT2D eigenvalue weighted by molar-refractivity contribution is -0.165. The SMILES string of the molecule is CC(=O)c1ccc(C2(C)OCC(CO)O2)cc1. The second kappa shape index (κ2) is 4.56. The maximum absolute atomic E-state index is 11.2. The number of hydrogen-bond donors (Lipinski definition) is 1. The van der Waals surface area contributed by atoms with Gasteiger partial charge in [0.25, 0.3) is 0 Å². The van der Waals surface area contributed by atoms with E-state index in [-0.39, 0.29) is 18.5 Å². The molecule has 4 nitrogen and oxygen atoms in total. The van der Waals surface area contributed by atoms with Crippen LogP contribution in [0.2, 0.25) is 0 Å². The third-order valence-corrected chi connectivity index (χ3v) is 2.96. The van der Waals surface area contributed by atoms with E-state index in [9.17, 15) is 4.79 Å². The van der Waals surface area contributed by atoms with E-state index >= 15 is 0 Å². The number of aliphatic hydroxyl groups excluding tert-OH is 1. The van der Waals surface area contributed by atoms with Crippen LogP contribution >= 0.6 is 0 Å². The van der Waals surface area contributed by atoms with E-state index in [1.807, 2.05) is 19.1 Å². The second-order valence-electron chi connectivity index (χ2n) is 4.31. The van der Waals surface area contributed by atoms with Crippen molar-refractivity contribution < 1.29 is 19.4 Å². The highest BCUT2D eigenvalue weighted by atomic mass is 16.7. The van der Waals surface area contributed by atoms with Crippen LogP contribution in [0.1, 0.15) is 29.8 Å². The third-order valence-electron chi connectivity index (χ3n) is 2.96. The van der Waals surface area contributed by atoms with E-state index in [1.165, 1.54) is 6.92 Å². The van der Waals surface area contributed by atoms with Gasteiger partial charge in [-0.2, -0.15) is 0 Å². The lowest BCUT2D eigenvalue weighted by Gasteiger charge is -2.23. The fourth-order valence-corrected chi connectivity index (χ4v) is 1.89. The van der Waals surface area contributed by atoms with Crippen LogP contribution in [0.25, 0.3) is 0 Å². The van der Waals surface area contributed by atoms with Gasteiger partial charge in [0.2, 0.25) is 0 Å². The zero-order chi connectivity index (χ0) is 12.5. The van der Waals surface area contributed by atoms with Crippen LogP contribution in [0.4, 0.5) is 0 Å². The van der Waals surface area contributed by atoms with Gasteiger partial charge in [-0.25, -0.2) is 0 Å². The number of carbonyl (C=O) groups excluding carboxylic acids is 1. The number of ether oxygens (including phenoxy) is 2. The van der Waals surface area contributed by atoms with Crippen molar-refractivity contribution in [3.8, 4) is 0 Å². The van der Waals surface area contributed by atoms with Crippen LogP contribution < -0.4 is 0 Å². The van der Waals surface area contributed by atoms with Gasteiger partial charge in [-0.1, -0.05) is 24.3 Å². The summed E-state index contributed by atoms with van der Waals surface area (Å²) in [4.78, 5) is 11.2. The van der Waals surface area contributed by atoms with Crippen LogP contribution in [0, 0.1) is 0 Å². The van der Waals surface area contributed by atoms with Crippen molar-refractivity contribution in [2.24, 2.45) is 0 Å². The van der Waals surface area contributed by atoms with Gasteiger partial charge in [0.05, 0.1) is 13.2 Å². The monoisotopic (exact) mass is 236 g/mol. The minimum atomic E-state index is -0.831. The second-order valence-corrected chi connectivity index (χ2v) is 4.31. The molecule has 4 heteroatoms. The first-order valence-electron chi connectivity index (χ1n) is 5.59. The number of aliphatic hydroxyl groups is 1. The summed E-state index contributed by atoms with van der Waals surface area (Å²) in [6.45, 7) is 3.66. The summed E-state index contributed by atoms with van der Waals surface area (Å²) in [7, 11) is 0. The van der Waals surface area contributed by atoms with E-state index in [0.29, 0.717) is 12.2 Å². The van der Waals surface area contributed by atoms with E-state index in [0.717, 1.165) is 5.56 Å². The highest BCUT2D eigenvalue weighted by Gasteiger charge is 2.38. The molecule has 0 aliphatic carbocycles. The number of rotatable bonds is 3. The van der Waals surface area contributed by atoms with Crippen LogP contribution in [0.3, 0.4) is 0 Å². The first kappa shape index (κ1) is 12.2. The van der Waals surface area contributed by atoms with E-state index in [4.69, 9.17) is 14.6 Å². The minimum absolute atomic E-state index is 0.0307. The number of ketones is 1. The molecule has 0 amide bonds. The van der Waals surface area contributed by atoms with Crippen molar-refractivity contribution >= 4 is 5.78 Å². The van der Waals surface area contributed by atoms with Crippen LogP contribution in [-0.2, 0) is 15.3 Å². The molecule has 2 atom stereocenters. The molecule has 1 heterocycles. The Balaban J connectivity index is 2.20. The third kappa shape index (κ3) is 2.39. The minimum Gasteiger partial charge on any atom is -0.394 e. The van der Waals surface area contributed by atoms with Gasteiger partial charge in [-0.3, -0.25) is 4.79 Å². The average molecular weight is 236 g/mol. The van der Waals surface area contributed by atoms with E-state index in [2.05, 4.69) is 0 Å². The van der Waals surface area contributed by atoms with Crippen molar-refractivity contribution in [1.82, 2.24) is 0 Å². The molecule has 0 saturated carbocycles. The Morgan fingerprint density at radius 1 is 1.47 bits per heavy atom. The first-order chi connectivity index (χ1) is 8.05. The largest absolute Gasteiger partial charge is 0.394 e. The van der Waals surface area contributed by atoms with Gasteiger partial charge < -0.3 is 14.6 Å². The summed E-state index contributed by atoms with van der Waals surface area (Å²) >= 11 is 0. The topological polar surface area (TPSA) is 55.8 Å². The molecule has 0 spiro atoms. The highest BCUT2D eigenvalue weighted by molar-refractivity contribution is 5.94. The molecule has 17 heavy (non-hydrogen) atoms. The molecule has 1 aliphatic rings. The summed E-state index contributed by atoms with van der Waals surface area (Å²) in [6.07, 6.45) is -0.285.